The summed E-state index contributed by atoms with van der Waals surface area (Å²) in [7, 11) is 0. The molecule has 4 nitrogen and oxygen atoms in total. The molecule has 0 bridgehead atoms. The van der Waals surface area contributed by atoms with Gasteiger partial charge in [0.25, 0.3) is 0 Å². The minimum atomic E-state index is -0.194. The lowest BCUT2D eigenvalue weighted by atomic mass is 10.3. The van der Waals surface area contributed by atoms with Gasteiger partial charge in [0.1, 0.15) is 3.79 Å². The van der Waals surface area contributed by atoms with Crippen molar-refractivity contribution in [1.82, 2.24) is 9.59 Å². The SMILES string of the molecule is NCC(=O)c1nnsc1Br. The largest absolute Gasteiger partial charge is 0.324 e. The van der Waals surface area contributed by atoms with E-state index in [0.717, 1.165) is 11.5 Å². The van der Waals surface area contributed by atoms with Crippen LogP contribution < -0.4 is 5.73 Å². The molecule has 6 heteroatoms. The zero-order valence-electron chi connectivity index (χ0n) is 4.87. The number of halogens is 1. The van der Waals surface area contributed by atoms with Crippen LogP contribution in [0.25, 0.3) is 0 Å². The molecule has 0 aliphatic heterocycles. The number of nitrogens with two attached hydrogens (primary N) is 1. The van der Waals surface area contributed by atoms with Crippen LogP contribution in [0.3, 0.4) is 0 Å². The second-order valence-electron chi connectivity index (χ2n) is 1.52. The maximum atomic E-state index is 10.8. The van der Waals surface area contributed by atoms with E-state index in [1.165, 1.54) is 0 Å². The molecular weight excluding hydrogens is 218 g/mol. The van der Waals surface area contributed by atoms with Crippen molar-refractivity contribution in [3.05, 3.63) is 9.48 Å². The minimum absolute atomic E-state index is 0.0238. The third-order valence-corrected chi connectivity index (χ3v) is 2.22. The molecule has 10 heavy (non-hydrogen) atoms. The van der Waals surface area contributed by atoms with Gasteiger partial charge in [-0.2, -0.15) is 0 Å². The Morgan fingerprint density at radius 1 is 1.80 bits per heavy atom. The Bertz CT molecular complexity index is 248. The van der Waals surface area contributed by atoms with E-state index in [2.05, 4.69) is 25.5 Å². The third-order valence-electron chi connectivity index (χ3n) is 0.897. The molecule has 1 aromatic rings. The molecule has 0 amide bonds. The standard InChI is InChI=1S/C4H4BrN3OS/c5-4-3(2(9)1-6)7-8-10-4/h1,6H2. The van der Waals surface area contributed by atoms with Crippen LogP contribution in [0.15, 0.2) is 3.79 Å². The normalized spacial score (nSPS) is 9.80. The Morgan fingerprint density at radius 2 is 2.50 bits per heavy atom. The summed E-state index contributed by atoms with van der Waals surface area (Å²) in [6.07, 6.45) is 0. The number of hydrogen-bond acceptors (Lipinski definition) is 5. The summed E-state index contributed by atoms with van der Waals surface area (Å²) in [5.74, 6) is -0.194. The van der Waals surface area contributed by atoms with Crippen molar-refractivity contribution in [2.75, 3.05) is 6.54 Å². The van der Waals surface area contributed by atoms with Gasteiger partial charge in [0.2, 0.25) is 0 Å². The summed E-state index contributed by atoms with van der Waals surface area (Å²) < 4.78 is 4.20. The molecule has 0 radical (unpaired) electrons. The van der Waals surface area contributed by atoms with Crippen LogP contribution in [0.2, 0.25) is 0 Å². The molecule has 1 heterocycles. The molecule has 0 spiro atoms. The van der Waals surface area contributed by atoms with Crippen LogP contribution in [0.4, 0.5) is 0 Å². The van der Waals surface area contributed by atoms with E-state index in [-0.39, 0.29) is 12.3 Å². The Kier molecular flexibility index (Phi) is 2.47. The van der Waals surface area contributed by atoms with E-state index >= 15 is 0 Å². The number of carbonyl (C=O) groups is 1. The van der Waals surface area contributed by atoms with E-state index < -0.39 is 0 Å². The maximum absolute atomic E-state index is 10.8. The van der Waals surface area contributed by atoms with Crippen molar-refractivity contribution >= 4 is 33.2 Å². The predicted octanol–water partition coefficient (Wildman–Crippen LogP) is 0.442. The Hall–Kier alpha value is -0.330. The molecule has 0 atom stereocenters. The Balaban J connectivity index is 2.93. The van der Waals surface area contributed by atoms with Crippen LogP contribution in [-0.2, 0) is 0 Å². The fourth-order valence-corrected chi connectivity index (χ4v) is 1.37. The van der Waals surface area contributed by atoms with E-state index in [1.807, 2.05) is 0 Å². The van der Waals surface area contributed by atoms with E-state index in [4.69, 9.17) is 5.73 Å². The first-order valence-electron chi connectivity index (χ1n) is 2.47. The first-order valence-corrected chi connectivity index (χ1v) is 4.03. The van der Waals surface area contributed by atoms with Gasteiger partial charge in [-0.25, -0.2) is 0 Å². The number of ketones is 1. The quantitative estimate of drug-likeness (QED) is 0.737. The van der Waals surface area contributed by atoms with Gasteiger partial charge in [0, 0.05) is 0 Å². The Labute approximate surface area is 69.7 Å². The molecule has 1 aromatic heterocycles. The predicted molar refractivity (Wildman–Crippen MR) is 41.0 cm³/mol. The zero-order valence-corrected chi connectivity index (χ0v) is 7.28. The van der Waals surface area contributed by atoms with Gasteiger partial charge >= 0.3 is 0 Å². The van der Waals surface area contributed by atoms with E-state index in [9.17, 15) is 4.79 Å². The van der Waals surface area contributed by atoms with Crippen molar-refractivity contribution in [2.24, 2.45) is 5.73 Å². The maximum Gasteiger partial charge on any atom is 0.198 e. The highest BCUT2D eigenvalue weighted by Crippen LogP contribution is 2.17. The highest BCUT2D eigenvalue weighted by molar-refractivity contribution is 9.11. The van der Waals surface area contributed by atoms with Gasteiger partial charge in [0.15, 0.2) is 11.5 Å². The third kappa shape index (κ3) is 1.39. The molecule has 0 saturated heterocycles. The van der Waals surface area contributed by atoms with Crippen molar-refractivity contribution in [3.63, 3.8) is 0 Å². The van der Waals surface area contributed by atoms with Gasteiger partial charge in [-0.15, -0.1) is 5.10 Å². The average Bonchev–Trinajstić information content (AvgIpc) is 2.34. The lowest BCUT2D eigenvalue weighted by Crippen LogP contribution is -2.14. The molecule has 54 valence electrons. The second-order valence-corrected chi connectivity index (χ2v) is 3.59. The molecule has 0 aliphatic carbocycles. The molecule has 0 saturated carbocycles. The second kappa shape index (κ2) is 3.18. The van der Waals surface area contributed by atoms with Crippen LogP contribution in [0, 0.1) is 0 Å². The van der Waals surface area contributed by atoms with Crippen molar-refractivity contribution in [1.29, 1.82) is 0 Å². The summed E-state index contributed by atoms with van der Waals surface area (Å²) in [5, 5.41) is 3.58. The van der Waals surface area contributed by atoms with Crippen LogP contribution in [0.1, 0.15) is 10.5 Å². The first-order chi connectivity index (χ1) is 4.75. The highest BCUT2D eigenvalue weighted by atomic mass is 79.9. The fourth-order valence-electron chi connectivity index (χ4n) is 0.442. The molecule has 0 aromatic carbocycles. The Morgan fingerprint density at radius 3 is 2.90 bits per heavy atom. The number of hydrogen-bond donors (Lipinski definition) is 1. The number of rotatable bonds is 2. The van der Waals surface area contributed by atoms with Crippen molar-refractivity contribution in [3.8, 4) is 0 Å². The fraction of sp³-hybridized carbons (Fsp3) is 0.250. The smallest absolute Gasteiger partial charge is 0.198 e. The van der Waals surface area contributed by atoms with Crippen LogP contribution in [-0.4, -0.2) is 21.9 Å². The summed E-state index contributed by atoms with van der Waals surface area (Å²) in [6.45, 7) is -0.0238. The molecule has 2 N–H and O–H groups in total. The highest BCUT2D eigenvalue weighted by Gasteiger charge is 2.11. The molecule has 0 aliphatic rings. The van der Waals surface area contributed by atoms with Gasteiger partial charge in [-0.05, 0) is 27.5 Å². The molecule has 0 fully saturated rings. The molecular formula is C4H4BrN3OS. The summed E-state index contributed by atoms with van der Waals surface area (Å²) >= 11 is 4.25. The summed E-state index contributed by atoms with van der Waals surface area (Å²) in [5.41, 5.74) is 5.43. The van der Waals surface area contributed by atoms with Gasteiger partial charge in [-0.1, -0.05) is 4.49 Å². The number of Topliss-reactive ketones (excluding diaryl/α,β-unsaturated/α-hetero) is 1. The van der Waals surface area contributed by atoms with Crippen LogP contribution >= 0.6 is 27.5 Å². The molecule has 1 rings (SSSR count). The summed E-state index contributed by atoms with van der Waals surface area (Å²) in [6, 6.07) is 0. The van der Waals surface area contributed by atoms with Gasteiger partial charge < -0.3 is 5.73 Å². The van der Waals surface area contributed by atoms with Gasteiger partial charge in [0.05, 0.1) is 6.54 Å². The first kappa shape index (κ1) is 7.77. The van der Waals surface area contributed by atoms with E-state index in [0.29, 0.717) is 9.48 Å². The monoisotopic (exact) mass is 221 g/mol. The van der Waals surface area contributed by atoms with Crippen molar-refractivity contribution < 1.29 is 4.79 Å². The number of aromatic nitrogens is 2. The number of carbonyl (C=O) groups excluding carboxylic acids is 1. The zero-order chi connectivity index (χ0) is 7.56. The van der Waals surface area contributed by atoms with Crippen molar-refractivity contribution in [2.45, 2.75) is 0 Å². The average molecular weight is 222 g/mol. The minimum Gasteiger partial charge on any atom is -0.324 e. The van der Waals surface area contributed by atoms with Crippen LogP contribution in [0.5, 0.6) is 0 Å². The lowest BCUT2D eigenvalue weighted by molar-refractivity contribution is 0.0996. The topological polar surface area (TPSA) is 68.9 Å². The van der Waals surface area contributed by atoms with E-state index in [1.54, 1.807) is 0 Å². The lowest BCUT2D eigenvalue weighted by Gasteiger charge is -1.87. The van der Waals surface area contributed by atoms with Gasteiger partial charge in [-0.3, -0.25) is 4.79 Å². The number of nitrogens with zero attached hydrogens (tertiary/aromatic N) is 2. The molecule has 0 unspecified atom stereocenters. The summed E-state index contributed by atoms with van der Waals surface area (Å²) in [4.78, 5) is 10.8.